The molecule has 1 heterocycles. The maximum atomic E-state index is 11.0. The van der Waals surface area contributed by atoms with E-state index in [-0.39, 0.29) is 5.97 Å². The van der Waals surface area contributed by atoms with Gasteiger partial charge in [-0.2, -0.15) is 0 Å². The summed E-state index contributed by atoms with van der Waals surface area (Å²) in [6.07, 6.45) is 0. The monoisotopic (exact) mass is 209 g/mol. The molecule has 14 heavy (non-hydrogen) atoms. The molecule has 1 aliphatic heterocycles. The Morgan fingerprint density at radius 2 is 2.36 bits per heavy atom. The molecule has 0 aliphatic carbocycles. The van der Waals surface area contributed by atoms with Gasteiger partial charge in [-0.1, -0.05) is 18.2 Å². The average molecular weight is 209 g/mol. The van der Waals surface area contributed by atoms with E-state index in [4.69, 9.17) is 0 Å². The molecule has 0 saturated heterocycles. The maximum Gasteiger partial charge on any atom is 0.320 e. The number of hydrogen-bond acceptors (Lipinski definition) is 4. The summed E-state index contributed by atoms with van der Waals surface area (Å²) in [6, 6.07) is 8.17. The molecule has 0 unspecified atom stereocenters. The third-order valence-corrected chi connectivity index (χ3v) is 3.19. The van der Waals surface area contributed by atoms with Gasteiger partial charge < -0.3 is 4.74 Å². The molecule has 0 atom stereocenters. The van der Waals surface area contributed by atoms with Gasteiger partial charge in [-0.05, 0) is 23.6 Å². The minimum atomic E-state index is -0.190. The minimum absolute atomic E-state index is 0.190. The summed E-state index contributed by atoms with van der Waals surface area (Å²) in [5.41, 5.74) is 1.28. The highest BCUT2D eigenvalue weighted by molar-refractivity contribution is 7.97. The van der Waals surface area contributed by atoms with Gasteiger partial charge in [-0.15, -0.1) is 0 Å². The first-order valence-corrected chi connectivity index (χ1v) is 5.14. The summed E-state index contributed by atoms with van der Waals surface area (Å²) in [4.78, 5) is 12.3. The zero-order chi connectivity index (χ0) is 9.97. The third-order valence-electron chi connectivity index (χ3n) is 2.08. The number of esters is 1. The molecule has 4 heteroatoms. The highest BCUT2D eigenvalue weighted by atomic mass is 32.2. The lowest BCUT2D eigenvalue weighted by atomic mass is 10.2. The fourth-order valence-electron chi connectivity index (χ4n) is 1.38. The Bertz CT molecular complexity index is 329. The van der Waals surface area contributed by atoms with E-state index in [1.54, 1.807) is 11.9 Å². The molecular weight excluding hydrogens is 198 g/mol. The first-order valence-electron chi connectivity index (χ1n) is 4.37. The molecule has 0 aromatic heterocycles. The van der Waals surface area contributed by atoms with E-state index in [0.717, 1.165) is 6.54 Å². The molecule has 1 aromatic carbocycles. The lowest BCUT2D eigenvalue weighted by molar-refractivity contribution is -0.140. The fourth-order valence-corrected chi connectivity index (χ4v) is 2.42. The van der Waals surface area contributed by atoms with Crippen LogP contribution in [-0.4, -0.2) is 23.9 Å². The standard InChI is InChI=1S/C10H11NO2S/c1-13-10(12)7-11-6-8-4-2-3-5-9(8)14-11/h2-5H,6-7H2,1H3. The Morgan fingerprint density at radius 1 is 1.57 bits per heavy atom. The molecule has 1 aromatic rings. The number of hydrogen-bond donors (Lipinski definition) is 0. The molecule has 0 spiro atoms. The molecule has 74 valence electrons. The zero-order valence-electron chi connectivity index (χ0n) is 7.90. The first kappa shape index (κ1) is 9.55. The molecule has 3 nitrogen and oxygen atoms in total. The van der Waals surface area contributed by atoms with Crippen molar-refractivity contribution in [1.29, 1.82) is 0 Å². The number of benzene rings is 1. The van der Waals surface area contributed by atoms with Crippen LogP contribution in [0.4, 0.5) is 0 Å². The van der Waals surface area contributed by atoms with Gasteiger partial charge in [0.2, 0.25) is 0 Å². The number of methoxy groups -OCH3 is 1. The molecule has 2 rings (SSSR count). The Morgan fingerprint density at radius 3 is 3.07 bits per heavy atom. The van der Waals surface area contributed by atoms with Crippen molar-refractivity contribution in [2.45, 2.75) is 11.4 Å². The largest absolute Gasteiger partial charge is 0.468 e. The highest BCUT2D eigenvalue weighted by Gasteiger charge is 2.21. The van der Waals surface area contributed by atoms with Crippen LogP contribution in [0.25, 0.3) is 0 Å². The quantitative estimate of drug-likeness (QED) is 0.547. The van der Waals surface area contributed by atoms with E-state index in [1.165, 1.54) is 17.6 Å². The number of carbonyl (C=O) groups excluding carboxylic acids is 1. The average Bonchev–Trinajstić information content (AvgIpc) is 2.59. The van der Waals surface area contributed by atoms with Crippen LogP contribution in [-0.2, 0) is 16.1 Å². The van der Waals surface area contributed by atoms with E-state index in [0.29, 0.717) is 6.54 Å². The van der Waals surface area contributed by atoms with Gasteiger partial charge in [-0.25, -0.2) is 4.31 Å². The van der Waals surface area contributed by atoms with Crippen molar-refractivity contribution < 1.29 is 9.53 Å². The van der Waals surface area contributed by atoms with Gasteiger partial charge in [0.05, 0.1) is 7.11 Å². The fraction of sp³-hybridized carbons (Fsp3) is 0.300. The van der Waals surface area contributed by atoms with Crippen molar-refractivity contribution >= 4 is 17.9 Å². The number of carbonyl (C=O) groups is 1. The summed E-state index contributed by atoms with van der Waals surface area (Å²) < 4.78 is 6.61. The predicted molar refractivity (Wildman–Crippen MR) is 54.7 cm³/mol. The van der Waals surface area contributed by atoms with Gasteiger partial charge in [0.1, 0.15) is 6.54 Å². The predicted octanol–water partition coefficient (Wildman–Crippen LogP) is 1.68. The topological polar surface area (TPSA) is 29.5 Å². The van der Waals surface area contributed by atoms with Gasteiger partial charge in [0.25, 0.3) is 0 Å². The smallest absolute Gasteiger partial charge is 0.320 e. The lowest BCUT2D eigenvalue weighted by Gasteiger charge is -2.10. The number of ether oxygens (including phenoxy) is 1. The molecule has 0 radical (unpaired) electrons. The van der Waals surface area contributed by atoms with Crippen LogP contribution >= 0.6 is 11.9 Å². The van der Waals surface area contributed by atoms with E-state index >= 15 is 0 Å². The normalized spacial score (nSPS) is 15.2. The Balaban J connectivity index is 2.01. The molecule has 0 N–H and O–H groups in total. The maximum absolute atomic E-state index is 11.0. The van der Waals surface area contributed by atoms with Crippen molar-refractivity contribution in [2.75, 3.05) is 13.7 Å². The molecule has 0 bridgehead atoms. The summed E-state index contributed by atoms with van der Waals surface area (Å²) in [5, 5.41) is 0. The SMILES string of the molecule is COC(=O)CN1Cc2ccccc2S1. The lowest BCUT2D eigenvalue weighted by Crippen LogP contribution is -2.21. The minimum Gasteiger partial charge on any atom is -0.468 e. The third kappa shape index (κ3) is 1.91. The molecule has 0 fully saturated rings. The molecule has 1 aliphatic rings. The number of rotatable bonds is 2. The summed E-state index contributed by atoms with van der Waals surface area (Å²) in [5.74, 6) is -0.190. The van der Waals surface area contributed by atoms with Gasteiger partial charge in [0, 0.05) is 11.4 Å². The van der Waals surface area contributed by atoms with Crippen LogP contribution < -0.4 is 0 Å². The van der Waals surface area contributed by atoms with Crippen LogP contribution in [0.3, 0.4) is 0 Å². The molecule has 0 saturated carbocycles. The summed E-state index contributed by atoms with van der Waals surface area (Å²) >= 11 is 1.61. The van der Waals surface area contributed by atoms with E-state index in [2.05, 4.69) is 16.9 Å². The van der Waals surface area contributed by atoms with Crippen molar-refractivity contribution in [2.24, 2.45) is 0 Å². The van der Waals surface area contributed by atoms with E-state index in [9.17, 15) is 4.79 Å². The first-order chi connectivity index (χ1) is 6.79. The summed E-state index contributed by atoms with van der Waals surface area (Å²) in [6.45, 7) is 1.16. The molecule has 0 amide bonds. The van der Waals surface area contributed by atoms with E-state index in [1.807, 2.05) is 16.4 Å². The zero-order valence-corrected chi connectivity index (χ0v) is 8.71. The second-order valence-corrected chi connectivity index (χ2v) is 4.21. The van der Waals surface area contributed by atoms with Crippen molar-refractivity contribution in [3.05, 3.63) is 29.8 Å². The Hall–Kier alpha value is -1.00. The van der Waals surface area contributed by atoms with Crippen LogP contribution in [0.2, 0.25) is 0 Å². The van der Waals surface area contributed by atoms with Crippen LogP contribution in [0.15, 0.2) is 29.2 Å². The second-order valence-electron chi connectivity index (χ2n) is 3.07. The Kier molecular flexibility index (Phi) is 2.74. The second kappa shape index (κ2) is 4.02. The number of nitrogens with zero attached hydrogens (tertiary/aromatic N) is 1. The van der Waals surface area contributed by atoms with Gasteiger partial charge in [0.15, 0.2) is 0 Å². The van der Waals surface area contributed by atoms with E-state index < -0.39 is 0 Å². The molecular formula is C10H11NO2S. The summed E-state index contributed by atoms with van der Waals surface area (Å²) in [7, 11) is 1.41. The highest BCUT2D eigenvalue weighted by Crippen LogP contribution is 2.34. The van der Waals surface area contributed by atoms with Crippen LogP contribution in [0, 0.1) is 0 Å². The van der Waals surface area contributed by atoms with Crippen molar-refractivity contribution in [3.63, 3.8) is 0 Å². The van der Waals surface area contributed by atoms with Crippen LogP contribution in [0.5, 0.6) is 0 Å². The van der Waals surface area contributed by atoms with Crippen molar-refractivity contribution in [3.8, 4) is 0 Å². The van der Waals surface area contributed by atoms with Gasteiger partial charge in [-0.3, -0.25) is 4.79 Å². The van der Waals surface area contributed by atoms with Gasteiger partial charge >= 0.3 is 5.97 Å². The van der Waals surface area contributed by atoms with Crippen LogP contribution in [0.1, 0.15) is 5.56 Å². The Labute approximate surface area is 87.2 Å². The van der Waals surface area contributed by atoms with Crippen molar-refractivity contribution in [1.82, 2.24) is 4.31 Å². The number of fused-ring (bicyclic) bond motifs is 1.